The minimum absolute atomic E-state index is 0.192. The van der Waals surface area contributed by atoms with E-state index >= 15 is 0 Å². The van der Waals surface area contributed by atoms with Crippen LogP contribution in [0.2, 0.25) is 0 Å². The second kappa shape index (κ2) is 7.74. The van der Waals surface area contributed by atoms with Gasteiger partial charge in [0.1, 0.15) is 5.75 Å². The van der Waals surface area contributed by atoms with Gasteiger partial charge in [0, 0.05) is 12.1 Å². The molecule has 0 radical (unpaired) electrons. The summed E-state index contributed by atoms with van der Waals surface area (Å²) in [6.45, 7) is 4.99. The molecule has 1 heterocycles. The second-order valence-electron chi connectivity index (χ2n) is 5.82. The number of thioether (sulfide) groups is 1. The summed E-state index contributed by atoms with van der Waals surface area (Å²) < 4.78 is 5.75. The van der Waals surface area contributed by atoms with Crippen molar-refractivity contribution in [1.82, 2.24) is 4.90 Å². The number of carbonyl (C=O) groups excluding carboxylic acids is 2. The number of carbonyl (C=O) groups is 2. The molecule has 4 nitrogen and oxygen atoms in total. The van der Waals surface area contributed by atoms with Gasteiger partial charge in [-0.2, -0.15) is 0 Å². The van der Waals surface area contributed by atoms with Crippen LogP contribution in [0.4, 0.5) is 4.79 Å². The SMILES string of the molecule is CCCCN1C(=O)S/C(=C\c2c(OCC)ccc3ccccc23)C1=O. The van der Waals surface area contributed by atoms with Crippen LogP contribution in [0.15, 0.2) is 41.3 Å². The lowest BCUT2D eigenvalue weighted by atomic mass is 10.0. The largest absolute Gasteiger partial charge is 0.493 e. The number of fused-ring (bicyclic) bond motifs is 1. The van der Waals surface area contributed by atoms with Crippen molar-refractivity contribution in [1.29, 1.82) is 0 Å². The Morgan fingerprint density at radius 3 is 2.68 bits per heavy atom. The molecule has 2 amide bonds. The predicted molar refractivity (Wildman–Crippen MR) is 103 cm³/mol. The summed E-state index contributed by atoms with van der Waals surface area (Å²) in [7, 11) is 0. The number of unbranched alkanes of at least 4 members (excludes halogenated alkanes) is 1. The first-order chi connectivity index (χ1) is 12.2. The molecule has 1 fully saturated rings. The molecule has 1 aliphatic rings. The highest BCUT2D eigenvalue weighted by Gasteiger charge is 2.34. The van der Waals surface area contributed by atoms with Crippen molar-refractivity contribution in [3.63, 3.8) is 0 Å². The summed E-state index contributed by atoms with van der Waals surface area (Å²) in [6, 6.07) is 11.9. The third-order valence-electron chi connectivity index (χ3n) is 4.11. The molecule has 0 bridgehead atoms. The van der Waals surface area contributed by atoms with Crippen LogP contribution in [0, 0.1) is 0 Å². The molecular weight excluding hydrogens is 334 g/mol. The lowest BCUT2D eigenvalue weighted by molar-refractivity contribution is -0.122. The third kappa shape index (κ3) is 3.56. The van der Waals surface area contributed by atoms with Crippen LogP contribution in [0.5, 0.6) is 5.75 Å². The van der Waals surface area contributed by atoms with E-state index in [2.05, 4.69) is 0 Å². The monoisotopic (exact) mass is 355 g/mol. The summed E-state index contributed by atoms with van der Waals surface area (Å²) in [5.74, 6) is 0.514. The van der Waals surface area contributed by atoms with Gasteiger partial charge in [0.25, 0.3) is 11.1 Å². The molecule has 0 unspecified atom stereocenters. The number of nitrogens with zero attached hydrogens (tertiary/aromatic N) is 1. The molecule has 3 rings (SSSR count). The number of benzene rings is 2. The van der Waals surface area contributed by atoms with Crippen LogP contribution in [-0.4, -0.2) is 29.2 Å². The number of hydrogen-bond donors (Lipinski definition) is 0. The first-order valence-electron chi connectivity index (χ1n) is 8.55. The van der Waals surface area contributed by atoms with E-state index < -0.39 is 0 Å². The Kier molecular flexibility index (Phi) is 5.43. The van der Waals surface area contributed by atoms with E-state index in [-0.39, 0.29) is 11.1 Å². The van der Waals surface area contributed by atoms with E-state index in [1.165, 1.54) is 4.90 Å². The molecule has 0 aromatic heterocycles. The zero-order valence-corrected chi connectivity index (χ0v) is 15.3. The summed E-state index contributed by atoms with van der Waals surface area (Å²) in [5.41, 5.74) is 0.848. The number of amides is 2. The van der Waals surface area contributed by atoms with Crippen molar-refractivity contribution in [3.8, 4) is 5.75 Å². The van der Waals surface area contributed by atoms with E-state index in [0.29, 0.717) is 18.1 Å². The average Bonchev–Trinajstić information content (AvgIpc) is 2.88. The number of ether oxygens (including phenoxy) is 1. The molecule has 0 aliphatic carbocycles. The molecule has 1 aliphatic heterocycles. The van der Waals surface area contributed by atoms with Gasteiger partial charge in [-0.25, -0.2) is 0 Å². The molecule has 0 N–H and O–H groups in total. The lowest BCUT2D eigenvalue weighted by Crippen LogP contribution is -2.29. The summed E-state index contributed by atoms with van der Waals surface area (Å²) in [5, 5.41) is 1.89. The van der Waals surface area contributed by atoms with Crippen LogP contribution in [0.25, 0.3) is 16.8 Å². The highest BCUT2D eigenvalue weighted by molar-refractivity contribution is 8.18. The van der Waals surface area contributed by atoms with Gasteiger partial charge in [-0.15, -0.1) is 0 Å². The zero-order chi connectivity index (χ0) is 17.8. The maximum Gasteiger partial charge on any atom is 0.293 e. The summed E-state index contributed by atoms with van der Waals surface area (Å²) in [4.78, 5) is 26.6. The first-order valence-corrected chi connectivity index (χ1v) is 9.37. The molecule has 130 valence electrons. The summed E-state index contributed by atoms with van der Waals surface area (Å²) in [6.07, 6.45) is 3.56. The Balaban J connectivity index is 2.04. The lowest BCUT2D eigenvalue weighted by Gasteiger charge is -2.12. The van der Waals surface area contributed by atoms with E-state index in [1.807, 2.05) is 50.2 Å². The molecule has 5 heteroatoms. The maximum absolute atomic E-state index is 12.6. The molecule has 0 saturated carbocycles. The van der Waals surface area contributed by atoms with Crippen molar-refractivity contribution in [3.05, 3.63) is 46.9 Å². The molecule has 2 aromatic carbocycles. The van der Waals surface area contributed by atoms with Crippen molar-refractivity contribution in [2.45, 2.75) is 26.7 Å². The fourth-order valence-electron chi connectivity index (χ4n) is 2.85. The van der Waals surface area contributed by atoms with Gasteiger partial charge < -0.3 is 4.74 Å². The van der Waals surface area contributed by atoms with E-state index in [0.717, 1.165) is 46.7 Å². The fourth-order valence-corrected chi connectivity index (χ4v) is 3.69. The number of rotatable bonds is 6. The minimum Gasteiger partial charge on any atom is -0.493 e. The topological polar surface area (TPSA) is 46.6 Å². The van der Waals surface area contributed by atoms with Gasteiger partial charge in [0.05, 0.1) is 11.5 Å². The smallest absolute Gasteiger partial charge is 0.293 e. The highest BCUT2D eigenvalue weighted by Crippen LogP contribution is 2.36. The summed E-state index contributed by atoms with van der Waals surface area (Å²) >= 11 is 1.01. The normalized spacial score (nSPS) is 16.2. The molecular formula is C20H21NO3S. The Labute approximate surface area is 151 Å². The van der Waals surface area contributed by atoms with Crippen LogP contribution < -0.4 is 4.74 Å². The van der Waals surface area contributed by atoms with Gasteiger partial charge >= 0.3 is 0 Å². The number of imide groups is 1. The Bertz CT molecular complexity index is 844. The zero-order valence-electron chi connectivity index (χ0n) is 14.5. The molecule has 0 spiro atoms. The Morgan fingerprint density at radius 2 is 1.92 bits per heavy atom. The van der Waals surface area contributed by atoms with Crippen molar-refractivity contribution < 1.29 is 14.3 Å². The standard InChI is InChI=1S/C20H21NO3S/c1-3-5-12-21-19(22)18(25-20(21)23)13-16-15-9-7-6-8-14(15)10-11-17(16)24-4-2/h6-11,13H,3-5,12H2,1-2H3/b18-13-. The van der Waals surface area contributed by atoms with E-state index in [9.17, 15) is 9.59 Å². The first kappa shape index (κ1) is 17.5. The van der Waals surface area contributed by atoms with Gasteiger partial charge in [0.15, 0.2) is 0 Å². The molecule has 25 heavy (non-hydrogen) atoms. The van der Waals surface area contributed by atoms with E-state index in [4.69, 9.17) is 4.74 Å². The Morgan fingerprint density at radius 1 is 1.12 bits per heavy atom. The predicted octanol–water partition coefficient (Wildman–Crippen LogP) is 5.07. The second-order valence-corrected chi connectivity index (χ2v) is 6.81. The Hall–Kier alpha value is -2.27. The van der Waals surface area contributed by atoms with Crippen LogP contribution in [0.1, 0.15) is 32.3 Å². The minimum atomic E-state index is -0.209. The fraction of sp³-hybridized carbons (Fsp3) is 0.300. The molecule has 2 aromatic rings. The van der Waals surface area contributed by atoms with Gasteiger partial charge in [-0.3, -0.25) is 14.5 Å². The molecule has 0 atom stereocenters. The third-order valence-corrected chi connectivity index (χ3v) is 5.02. The van der Waals surface area contributed by atoms with E-state index in [1.54, 1.807) is 6.08 Å². The maximum atomic E-state index is 12.6. The van der Waals surface area contributed by atoms with Gasteiger partial charge in [-0.1, -0.05) is 43.7 Å². The van der Waals surface area contributed by atoms with Crippen LogP contribution in [-0.2, 0) is 4.79 Å². The average molecular weight is 355 g/mol. The van der Waals surface area contributed by atoms with Gasteiger partial charge in [0.2, 0.25) is 0 Å². The van der Waals surface area contributed by atoms with Crippen molar-refractivity contribution >= 4 is 39.8 Å². The van der Waals surface area contributed by atoms with Gasteiger partial charge in [-0.05, 0) is 48.0 Å². The number of hydrogen-bond acceptors (Lipinski definition) is 4. The van der Waals surface area contributed by atoms with Crippen LogP contribution >= 0.6 is 11.8 Å². The van der Waals surface area contributed by atoms with Crippen LogP contribution in [0.3, 0.4) is 0 Å². The van der Waals surface area contributed by atoms with Crippen molar-refractivity contribution in [2.75, 3.05) is 13.2 Å². The van der Waals surface area contributed by atoms with Crippen molar-refractivity contribution in [2.24, 2.45) is 0 Å². The molecule has 1 saturated heterocycles. The highest BCUT2D eigenvalue weighted by atomic mass is 32.2. The quantitative estimate of drug-likeness (QED) is 0.678.